The third-order valence-electron chi connectivity index (χ3n) is 2.26. The number of thioether (sulfide) groups is 1. The zero-order valence-corrected chi connectivity index (χ0v) is 13.3. The first-order valence-electron chi connectivity index (χ1n) is 5.82. The summed E-state index contributed by atoms with van der Waals surface area (Å²) >= 11 is 4.56. The van der Waals surface area contributed by atoms with Crippen molar-refractivity contribution >= 4 is 33.5 Å². The van der Waals surface area contributed by atoms with Crippen LogP contribution in [0.15, 0.2) is 18.3 Å². The van der Waals surface area contributed by atoms with Crippen molar-refractivity contribution in [1.29, 1.82) is 0 Å². The van der Waals surface area contributed by atoms with Crippen molar-refractivity contribution in [2.75, 3.05) is 12.4 Å². The fourth-order valence-electron chi connectivity index (χ4n) is 1.19. The molecule has 1 unspecified atom stereocenters. The highest BCUT2D eigenvalue weighted by Gasteiger charge is 2.41. The number of hydrogen-bond donors (Lipinski definition) is 0. The van der Waals surface area contributed by atoms with Crippen LogP contribution in [0.3, 0.4) is 0 Å². The maximum atomic E-state index is 12.7. The second kappa shape index (κ2) is 7.98. The van der Waals surface area contributed by atoms with Gasteiger partial charge in [0.15, 0.2) is 6.61 Å². The quantitative estimate of drug-likeness (QED) is 0.382. The predicted octanol–water partition coefficient (Wildman–Crippen LogP) is 4.02. The molecule has 118 valence electrons. The van der Waals surface area contributed by atoms with E-state index >= 15 is 0 Å². The van der Waals surface area contributed by atoms with Crippen molar-refractivity contribution in [3.63, 3.8) is 0 Å². The van der Waals surface area contributed by atoms with E-state index in [1.54, 1.807) is 0 Å². The number of nitrogens with zero attached hydrogens (tertiary/aromatic N) is 1. The van der Waals surface area contributed by atoms with E-state index in [0.717, 1.165) is 11.9 Å². The summed E-state index contributed by atoms with van der Waals surface area (Å²) in [5, 5.41) is 0. The number of hydrogen-bond acceptors (Lipinski definition) is 4. The Morgan fingerprint density at radius 1 is 1.48 bits per heavy atom. The number of rotatable bonds is 8. The Morgan fingerprint density at radius 3 is 2.62 bits per heavy atom. The molecule has 0 amide bonds. The van der Waals surface area contributed by atoms with E-state index < -0.39 is 23.1 Å². The molecule has 0 radical (unpaired) electrons. The molecular formula is C12H12BrF4NO2S. The third-order valence-corrected chi connectivity index (χ3v) is 4.31. The minimum absolute atomic E-state index is 0.110. The summed E-state index contributed by atoms with van der Waals surface area (Å²) in [6.45, 7) is 0.437. The lowest BCUT2D eigenvalue weighted by molar-refractivity contribution is -0.148. The molecule has 1 rings (SSSR count). The Hall–Kier alpha value is -0.830. The van der Waals surface area contributed by atoms with Gasteiger partial charge in [-0.05, 0) is 17.9 Å². The van der Waals surface area contributed by atoms with Gasteiger partial charge in [-0.1, -0.05) is 22.9 Å². The van der Waals surface area contributed by atoms with Crippen LogP contribution in [0.2, 0.25) is 0 Å². The fourth-order valence-corrected chi connectivity index (χ4v) is 2.78. The summed E-state index contributed by atoms with van der Waals surface area (Å²) in [4.78, 5) is 15.6. The van der Waals surface area contributed by atoms with Gasteiger partial charge in [0, 0.05) is 0 Å². The van der Waals surface area contributed by atoms with Gasteiger partial charge in [-0.3, -0.25) is 4.79 Å². The first kappa shape index (κ1) is 18.2. The van der Waals surface area contributed by atoms with Crippen LogP contribution in [0.1, 0.15) is 17.4 Å². The first-order valence-corrected chi connectivity index (χ1v) is 7.79. The number of Topliss-reactive ketones (excluding diaryl/α,β-unsaturated/α-hetero) is 1. The lowest BCUT2D eigenvalue weighted by Gasteiger charge is -2.15. The molecule has 1 aromatic heterocycles. The topological polar surface area (TPSA) is 39.2 Å². The number of halogens is 5. The van der Waals surface area contributed by atoms with Gasteiger partial charge in [0.1, 0.15) is 15.6 Å². The summed E-state index contributed by atoms with van der Waals surface area (Å²) < 4.78 is 53.3. The Labute approximate surface area is 131 Å². The van der Waals surface area contributed by atoms with Crippen LogP contribution in [0, 0.1) is 0 Å². The fraction of sp³-hybridized carbons (Fsp3) is 0.500. The van der Waals surface area contributed by atoms with Gasteiger partial charge in [-0.25, -0.2) is 13.8 Å². The van der Waals surface area contributed by atoms with Gasteiger partial charge < -0.3 is 4.74 Å². The standard InChI is InChI=1S/C12H12BrF4NO2S/c1-2-21-10(13)9(19)8-4-3-7(5-18-8)20-6-12(16,17)11(14)15/h3-5,10-11H,2,6H2,1H3. The summed E-state index contributed by atoms with van der Waals surface area (Å²) in [7, 11) is 0. The minimum atomic E-state index is -4.23. The lowest BCUT2D eigenvalue weighted by Crippen LogP contribution is -2.33. The zero-order valence-electron chi connectivity index (χ0n) is 10.9. The number of ether oxygens (including phenoxy) is 1. The van der Waals surface area contributed by atoms with Crippen LogP contribution in [0.25, 0.3) is 0 Å². The summed E-state index contributed by atoms with van der Waals surface area (Å²) in [5.74, 6) is -3.88. The van der Waals surface area contributed by atoms with Gasteiger partial charge in [0.25, 0.3) is 0 Å². The number of pyridine rings is 1. The smallest absolute Gasteiger partial charge is 0.340 e. The Bertz CT molecular complexity index is 473. The number of alkyl halides is 5. The van der Waals surface area contributed by atoms with Crippen molar-refractivity contribution in [3.05, 3.63) is 24.0 Å². The SMILES string of the molecule is CCSC(Br)C(=O)c1ccc(OCC(F)(F)C(F)F)cn1. The van der Waals surface area contributed by atoms with Gasteiger partial charge in [0.05, 0.1) is 6.20 Å². The maximum Gasteiger partial charge on any atom is 0.340 e. The Balaban J connectivity index is 2.64. The Kier molecular flexibility index (Phi) is 6.92. The van der Waals surface area contributed by atoms with Gasteiger partial charge in [0.2, 0.25) is 5.78 Å². The number of aromatic nitrogens is 1. The number of carbonyl (C=O) groups is 1. The molecule has 0 bridgehead atoms. The van der Waals surface area contributed by atoms with Crippen molar-refractivity contribution in [2.24, 2.45) is 0 Å². The molecule has 1 atom stereocenters. The van der Waals surface area contributed by atoms with E-state index in [1.165, 1.54) is 23.9 Å². The van der Waals surface area contributed by atoms with E-state index in [9.17, 15) is 22.4 Å². The lowest BCUT2D eigenvalue weighted by atomic mass is 10.3. The first-order chi connectivity index (χ1) is 9.77. The summed E-state index contributed by atoms with van der Waals surface area (Å²) in [6, 6.07) is 2.53. The molecule has 0 aliphatic carbocycles. The van der Waals surface area contributed by atoms with E-state index in [1.807, 2.05) is 6.92 Å². The molecule has 0 saturated heterocycles. The molecule has 0 N–H and O–H groups in total. The van der Waals surface area contributed by atoms with Crippen molar-refractivity contribution in [2.45, 2.75) is 23.4 Å². The Morgan fingerprint density at radius 2 is 2.14 bits per heavy atom. The van der Waals surface area contributed by atoms with Crippen LogP contribution < -0.4 is 4.74 Å². The summed E-state index contributed by atoms with van der Waals surface area (Å²) in [5.41, 5.74) is 0.130. The van der Waals surface area contributed by atoms with E-state index in [0.29, 0.717) is 0 Å². The van der Waals surface area contributed by atoms with Crippen molar-refractivity contribution < 1.29 is 27.1 Å². The molecule has 1 aromatic rings. The van der Waals surface area contributed by atoms with Gasteiger partial charge in [-0.2, -0.15) is 8.78 Å². The third kappa shape index (κ3) is 5.46. The van der Waals surface area contributed by atoms with Crippen LogP contribution >= 0.6 is 27.7 Å². The molecule has 3 nitrogen and oxygen atoms in total. The predicted molar refractivity (Wildman–Crippen MR) is 75.9 cm³/mol. The van der Waals surface area contributed by atoms with Crippen LogP contribution in [-0.2, 0) is 0 Å². The second-order valence-corrected chi connectivity index (χ2v) is 6.77. The van der Waals surface area contributed by atoms with Gasteiger partial charge in [-0.15, -0.1) is 11.8 Å². The maximum absolute atomic E-state index is 12.7. The molecule has 0 aromatic carbocycles. The van der Waals surface area contributed by atoms with Crippen LogP contribution in [0.4, 0.5) is 17.6 Å². The molecule has 1 heterocycles. The zero-order chi connectivity index (χ0) is 16.0. The molecule has 9 heteroatoms. The molecule has 0 saturated carbocycles. The van der Waals surface area contributed by atoms with Crippen LogP contribution in [0.5, 0.6) is 5.75 Å². The van der Waals surface area contributed by atoms with Crippen molar-refractivity contribution in [1.82, 2.24) is 4.98 Å². The largest absolute Gasteiger partial charge is 0.485 e. The van der Waals surface area contributed by atoms with E-state index in [2.05, 4.69) is 25.7 Å². The monoisotopic (exact) mass is 389 g/mol. The molecule has 0 aliphatic heterocycles. The number of carbonyl (C=O) groups excluding carboxylic acids is 1. The second-order valence-electron chi connectivity index (χ2n) is 3.87. The molecular weight excluding hydrogens is 378 g/mol. The average Bonchev–Trinajstić information content (AvgIpc) is 2.45. The molecule has 21 heavy (non-hydrogen) atoms. The highest BCUT2D eigenvalue weighted by molar-refractivity contribution is 9.11. The molecule has 0 spiro atoms. The van der Waals surface area contributed by atoms with E-state index in [4.69, 9.17) is 0 Å². The minimum Gasteiger partial charge on any atom is -0.485 e. The van der Waals surface area contributed by atoms with E-state index in [-0.39, 0.29) is 17.2 Å². The number of ketones is 1. The van der Waals surface area contributed by atoms with Gasteiger partial charge >= 0.3 is 12.3 Å². The normalized spacial score (nSPS) is 13.3. The summed E-state index contributed by atoms with van der Waals surface area (Å²) in [6.07, 6.45) is -2.75. The van der Waals surface area contributed by atoms with Crippen LogP contribution in [-0.4, -0.2) is 39.6 Å². The average molecular weight is 390 g/mol. The highest BCUT2D eigenvalue weighted by Crippen LogP contribution is 2.25. The molecule has 0 fully saturated rings. The highest BCUT2D eigenvalue weighted by atomic mass is 79.9. The van der Waals surface area contributed by atoms with Crippen molar-refractivity contribution in [3.8, 4) is 5.75 Å². The molecule has 0 aliphatic rings.